The number of rotatable bonds is 6. The smallest absolute Gasteiger partial charge is 0.0698 e. The van der Waals surface area contributed by atoms with Crippen molar-refractivity contribution in [3.05, 3.63) is 0 Å². The van der Waals surface area contributed by atoms with E-state index in [0.717, 1.165) is 12.6 Å². The summed E-state index contributed by atoms with van der Waals surface area (Å²) in [5.74, 6) is 0. The first kappa shape index (κ1) is 13.8. The third kappa shape index (κ3) is 3.71. The lowest BCUT2D eigenvalue weighted by atomic mass is 9.84. The lowest BCUT2D eigenvalue weighted by molar-refractivity contribution is 0.0144. The van der Waals surface area contributed by atoms with Crippen LogP contribution in [-0.4, -0.2) is 50.3 Å². The van der Waals surface area contributed by atoms with Crippen molar-refractivity contribution in [3.63, 3.8) is 0 Å². The number of nitrogens with one attached hydrogen (secondary N) is 1. The van der Waals surface area contributed by atoms with Gasteiger partial charge in [-0.3, -0.25) is 0 Å². The molecule has 2 aliphatic carbocycles. The molecule has 0 spiro atoms. The molecular formula is C16H30N2O. The van der Waals surface area contributed by atoms with Gasteiger partial charge in [0.25, 0.3) is 0 Å². The fourth-order valence-corrected chi connectivity index (χ4v) is 3.99. The topological polar surface area (TPSA) is 24.5 Å². The number of ether oxygens (including phenoxy) is 1. The Labute approximate surface area is 118 Å². The minimum absolute atomic E-state index is 0.476. The van der Waals surface area contributed by atoms with Crippen molar-refractivity contribution in [3.8, 4) is 0 Å². The maximum atomic E-state index is 5.57. The number of hydrogen-bond acceptors (Lipinski definition) is 3. The van der Waals surface area contributed by atoms with E-state index < -0.39 is 0 Å². The highest BCUT2D eigenvalue weighted by atomic mass is 16.5. The third-order valence-corrected chi connectivity index (χ3v) is 5.36. The van der Waals surface area contributed by atoms with Gasteiger partial charge in [0.15, 0.2) is 0 Å². The molecule has 3 fully saturated rings. The second-order valence-electron chi connectivity index (χ2n) is 7.10. The van der Waals surface area contributed by atoms with Crippen LogP contribution in [0.4, 0.5) is 0 Å². The highest BCUT2D eigenvalue weighted by molar-refractivity contribution is 4.93. The van der Waals surface area contributed by atoms with Gasteiger partial charge in [-0.1, -0.05) is 12.8 Å². The van der Waals surface area contributed by atoms with E-state index in [9.17, 15) is 0 Å². The highest BCUT2D eigenvalue weighted by Crippen LogP contribution is 2.39. The Hall–Kier alpha value is -0.120. The molecule has 0 radical (unpaired) electrons. The Balaban J connectivity index is 1.53. The summed E-state index contributed by atoms with van der Waals surface area (Å²) < 4.78 is 5.57. The summed E-state index contributed by atoms with van der Waals surface area (Å²) in [6.45, 7) is 4.99. The van der Waals surface area contributed by atoms with Crippen molar-refractivity contribution < 1.29 is 4.74 Å². The molecule has 1 aliphatic heterocycles. The lowest BCUT2D eigenvalue weighted by Crippen LogP contribution is -2.48. The van der Waals surface area contributed by atoms with E-state index in [1.165, 1.54) is 71.0 Å². The van der Waals surface area contributed by atoms with Gasteiger partial charge >= 0.3 is 0 Å². The number of likely N-dealkylation sites (tertiary alicyclic amines) is 1. The minimum atomic E-state index is 0.476. The number of nitrogens with zero attached hydrogens (tertiary/aromatic N) is 1. The van der Waals surface area contributed by atoms with E-state index in [0.29, 0.717) is 11.5 Å². The van der Waals surface area contributed by atoms with Crippen LogP contribution in [0, 0.1) is 5.41 Å². The van der Waals surface area contributed by atoms with Gasteiger partial charge in [0, 0.05) is 32.8 Å². The first-order valence-electron chi connectivity index (χ1n) is 8.28. The van der Waals surface area contributed by atoms with Crippen molar-refractivity contribution in [2.24, 2.45) is 5.41 Å². The molecule has 3 heteroatoms. The van der Waals surface area contributed by atoms with Crippen LogP contribution in [0.5, 0.6) is 0 Å². The number of methoxy groups -OCH3 is 1. The summed E-state index contributed by atoms with van der Waals surface area (Å²) in [6, 6.07) is 0.852. The molecular weight excluding hydrogens is 236 g/mol. The molecule has 2 saturated carbocycles. The predicted octanol–water partition coefficient (Wildman–Crippen LogP) is 2.41. The second-order valence-corrected chi connectivity index (χ2v) is 7.10. The SMILES string of the molecule is COC1CCCN(CC2(CNC3CC3)CCCC2)C1. The molecule has 3 rings (SSSR count). The Morgan fingerprint density at radius 3 is 2.63 bits per heavy atom. The van der Waals surface area contributed by atoms with Gasteiger partial charge < -0.3 is 15.0 Å². The molecule has 1 N–H and O–H groups in total. The van der Waals surface area contributed by atoms with E-state index in [1.54, 1.807) is 0 Å². The summed E-state index contributed by atoms with van der Waals surface area (Å²) in [5, 5.41) is 3.80. The highest BCUT2D eigenvalue weighted by Gasteiger charge is 2.37. The number of hydrogen-bond donors (Lipinski definition) is 1. The molecule has 0 aromatic carbocycles. The van der Waals surface area contributed by atoms with E-state index in [-0.39, 0.29) is 0 Å². The van der Waals surface area contributed by atoms with Crippen molar-refractivity contribution in [2.45, 2.75) is 63.5 Å². The lowest BCUT2D eigenvalue weighted by Gasteiger charge is -2.39. The van der Waals surface area contributed by atoms with E-state index >= 15 is 0 Å². The molecule has 0 bridgehead atoms. The zero-order valence-corrected chi connectivity index (χ0v) is 12.5. The normalized spacial score (nSPS) is 31.7. The van der Waals surface area contributed by atoms with Crippen molar-refractivity contribution in [1.29, 1.82) is 0 Å². The third-order valence-electron chi connectivity index (χ3n) is 5.36. The van der Waals surface area contributed by atoms with Gasteiger partial charge in [0.1, 0.15) is 0 Å². The largest absolute Gasteiger partial charge is 0.380 e. The summed E-state index contributed by atoms with van der Waals surface area (Å²) >= 11 is 0. The van der Waals surface area contributed by atoms with Crippen LogP contribution in [0.25, 0.3) is 0 Å². The molecule has 3 aliphatic rings. The van der Waals surface area contributed by atoms with Crippen LogP contribution in [0.2, 0.25) is 0 Å². The molecule has 0 aromatic rings. The maximum Gasteiger partial charge on any atom is 0.0698 e. The molecule has 0 amide bonds. The standard InChI is InChI=1S/C16H30N2O/c1-19-15-5-4-10-18(11-15)13-16(8-2-3-9-16)12-17-14-6-7-14/h14-15,17H,2-13H2,1H3. The van der Waals surface area contributed by atoms with E-state index in [4.69, 9.17) is 4.74 Å². The van der Waals surface area contributed by atoms with Crippen molar-refractivity contribution >= 4 is 0 Å². The molecule has 19 heavy (non-hydrogen) atoms. The van der Waals surface area contributed by atoms with E-state index in [1.807, 2.05) is 7.11 Å². The van der Waals surface area contributed by atoms with Crippen LogP contribution < -0.4 is 5.32 Å². The van der Waals surface area contributed by atoms with Crippen LogP contribution in [-0.2, 0) is 4.74 Å². The average molecular weight is 266 g/mol. The monoisotopic (exact) mass is 266 g/mol. The quantitative estimate of drug-likeness (QED) is 0.799. The zero-order valence-electron chi connectivity index (χ0n) is 12.5. The summed E-state index contributed by atoms with van der Waals surface area (Å²) in [5.41, 5.74) is 0.568. The molecule has 110 valence electrons. The first-order chi connectivity index (χ1) is 9.30. The van der Waals surface area contributed by atoms with Gasteiger partial charge in [-0.15, -0.1) is 0 Å². The molecule has 3 nitrogen and oxygen atoms in total. The fraction of sp³-hybridized carbons (Fsp3) is 1.00. The maximum absolute atomic E-state index is 5.57. The molecule has 1 atom stereocenters. The fourth-order valence-electron chi connectivity index (χ4n) is 3.99. The number of piperidine rings is 1. The summed E-state index contributed by atoms with van der Waals surface area (Å²) in [7, 11) is 1.87. The van der Waals surface area contributed by atoms with Crippen LogP contribution in [0.3, 0.4) is 0 Å². The first-order valence-corrected chi connectivity index (χ1v) is 8.28. The van der Waals surface area contributed by atoms with Crippen molar-refractivity contribution in [1.82, 2.24) is 10.2 Å². The van der Waals surface area contributed by atoms with Crippen LogP contribution in [0.1, 0.15) is 51.4 Å². The molecule has 1 unspecified atom stereocenters. The van der Waals surface area contributed by atoms with Crippen molar-refractivity contribution in [2.75, 3.05) is 33.3 Å². The van der Waals surface area contributed by atoms with Gasteiger partial charge in [-0.25, -0.2) is 0 Å². The van der Waals surface area contributed by atoms with Gasteiger partial charge in [-0.2, -0.15) is 0 Å². The molecule has 0 aromatic heterocycles. The Kier molecular flexibility index (Phi) is 4.45. The second kappa shape index (κ2) is 6.11. The Morgan fingerprint density at radius 2 is 1.95 bits per heavy atom. The molecule has 1 heterocycles. The molecule has 1 saturated heterocycles. The minimum Gasteiger partial charge on any atom is -0.380 e. The van der Waals surface area contributed by atoms with Gasteiger partial charge in [0.2, 0.25) is 0 Å². The van der Waals surface area contributed by atoms with Gasteiger partial charge in [0.05, 0.1) is 6.10 Å². The van der Waals surface area contributed by atoms with Gasteiger partial charge in [-0.05, 0) is 50.5 Å². The van der Waals surface area contributed by atoms with Crippen LogP contribution in [0.15, 0.2) is 0 Å². The Bertz CT molecular complexity index is 284. The Morgan fingerprint density at radius 1 is 1.16 bits per heavy atom. The summed E-state index contributed by atoms with van der Waals surface area (Å²) in [4.78, 5) is 2.68. The zero-order chi connectivity index (χ0) is 13.1. The van der Waals surface area contributed by atoms with Crippen LogP contribution >= 0.6 is 0 Å². The van der Waals surface area contributed by atoms with E-state index in [2.05, 4.69) is 10.2 Å². The summed E-state index contributed by atoms with van der Waals surface area (Å²) in [6.07, 6.45) is 11.6. The predicted molar refractivity (Wildman–Crippen MR) is 78.4 cm³/mol. The average Bonchev–Trinajstić information content (AvgIpc) is 3.17.